The van der Waals surface area contributed by atoms with Crippen LogP contribution in [0.15, 0.2) is 21.2 Å². The second-order valence-electron chi connectivity index (χ2n) is 3.66. The molecule has 1 aliphatic heterocycles. The molecular weight excluding hydrogens is 260 g/mol. The predicted molar refractivity (Wildman–Crippen MR) is 60.6 cm³/mol. The lowest BCUT2D eigenvalue weighted by molar-refractivity contribution is 0.0343. The number of ether oxygens (including phenoxy) is 1. The fourth-order valence-corrected chi connectivity index (χ4v) is 2.00. The molecule has 0 aromatic carbocycles. The van der Waals surface area contributed by atoms with Crippen LogP contribution in [0.25, 0.3) is 0 Å². The molecule has 0 bridgehead atoms. The van der Waals surface area contributed by atoms with Crippen molar-refractivity contribution in [2.45, 2.75) is 6.04 Å². The van der Waals surface area contributed by atoms with E-state index in [4.69, 9.17) is 14.9 Å². The lowest BCUT2D eigenvalue weighted by Crippen LogP contribution is -2.40. The second-order valence-corrected chi connectivity index (χ2v) is 4.44. The van der Waals surface area contributed by atoms with Crippen LogP contribution in [0.1, 0.15) is 11.8 Å². The molecule has 5 heteroatoms. The number of rotatable bonds is 3. The molecule has 2 rings (SSSR count). The number of furan rings is 1. The third kappa shape index (κ3) is 3.04. The molecule has 0 saturated carbocycles. The van der Waals surface area contributed by atoms with E-state index in [0.29, 0.717) is 0 Å². The van der Waals surface area contributed by atoms with Crippen molar-refractivity contribution in [3.63, 3.8) is 0 Å². The first-order valence-corrected chi connectivity index (χ1v) is 5.86. The lowest BCUT2D eigenvalue weighted by atomic mass is 10.2. The molecule has 0 spiro atoms. The summed E-state index contributed by atoms with van der Waals surface area (Å²) in [4.78, 5) is 2.30. The first kappa shape index (κ1) is 11.1. The van der Waals surface area contributed by atoms with Crippen LogP contribution in [-0.2, 0) is 4.74 Å². The van der Waals surface area contributed by atoms with Gasteiger partial charge in [0, 0.05) is 19.6 Å². The van der Waals surface area contributed by atoms with Gasteiger partial charge in [0.25, 0.3) is 0 Å². The molecule has 4 nitrogen and oxygen atoms in total. The van der Waals surface area contributed by atoms with Gasteiger partial charge in [-0.15, -0.1) is 0 Å². The van der Waals surface area contributed by atoms with E-state index in [1.807, 2.05) is 12.1 Å². The van der Waals surface area contributed by atoms with Gasteiger partial charge in [0.1, 0.15) is 5.76 Å². The van der Waals surface area contributed by atoms with Crippen molar-refractivity contribution in [3.8, 4) is 0 Å². The van der Waals surface area contributed by atoms with Crippen LogP contribution in [0.5, 0.6) is 0 Å². The van der Waals surface area contributed by atoms with Crippen molar-refractivity contribution >= 4 is 15.9 Å². The average Bonchev–Trinajstić information content (AvgIpc) is 2.66. The molecule has 1 atom stereocenters. The summed E-state index contributed by atoms with van der Waals surface area (Å²) in [6, 6.07) is 3.72. The standard InChI is InChI=1S/C10H15BrN2O2/c11-10-2-1-9(15-10)8(12)7-13-3-5-14-6-4-13/h1-2,8H,3-7,12H2. The van der Waals surface area contributed by atoms with Gasteiger partial charge in [-0.05, 0) is 28.1 Å². The molecule has 1 saturated heterocycles. The lowest BCUT2D eigenvalue weighted by Gasteiger charge is -2.28. The minimum Gasteiger partial charge on any atom is -0.453 e. The van der Waals surface area contributed by atoms with Crippen LogP contribution in [0, 0.1) is 0 Å². The second kappa shape index (κ2) is 5.12. The summed E-state index contributed by atoms with van der Waals surface area (Å²) in [6.07, 6.45) is 0. The fourth-order valence-electron chi connectivity index (χ4n) is 1.68. The van der Waals surface area contributed by atoms with Gasteiger partial charge in [-0.2, -0.15) is 0 Å². The average molecular weight is 275 g/mol. The first-order chi connectivity index (χ1) is 7.25. The zero-order valence-corrected chi connectivity index (χ0v) is 10.1. The number of hydrogen-bond donors (Lipinski definition) is 1. The van der Waals surface area contributed by atoms with Crippen LogP contribution in [0.3, 0.4) is 0 Å². The smallest absolute Gasteiger partial charge is 0.169 e. The van der Waals surface area contributed by atoms with Crippen molar-refractivity contribution in [2.24, 2.45) is 5.73 Å². The number of morpholine rings is 1. The highest BCUT2D eigenvalue weighted by Crippen LogP contribution is 2.19. The van der Waals surface area contributed by atoms with Crippen LogP contribution >= 0.6 is 15.9 Å². The van der Waals surface area contributed by atoms with E-state index in [0.717, 1.165) is 43.3 Å². The van der Waals surface area contributed by atoms with E-state index in [9.17, 15) is 0 Å². The van der Waals surface area contributed by atoms with Gasteiger partial charge >= 0.3 is 0 Å². The fraction of sp³-hybridized carbons (Fsp3) is 0.600. The maximum atomic E-state index is 6.04. The van der Waals surface area contributed by atoms with Gasteiger partial charge in [-0.3, -0.25) is 4.90 Å². The van der Waals surface area contributed by atoms with Crippen LogP contribution < -0.4 is 5.73 Å². The summed E-state index contributed by atoms with van der Waals surface area (Å²) in [5, 5.41) is 0. The summed E-state index contributed by atoms with van der Waals surface area (Å²) in [5.41, 5.74) is 6.04. The molecule has 1 aromatic rings. The molecule has 84 valence electrons. The van der Waals surface area contributed by atoms with Gasteiger partial charge < -0.3 is 14.9 Å². The van der Waals surface area contributed by atoms with E-state index in [2.05, 4.69) is 20.8 Å². The summed E-state index contributed by atoms with van der Waals surface area (Å²) in [7, 11) is 0. The minimum atomic E-state index is -0.0607. The van der Waals surface area contributed by atoms with Crippen LogP contribution in [0.2, 0.25) is 0 Å². The largest absolute Gasteiger partial charge is 0.453 e. The Kier molecular flexibility index (Phi) is 3.80. The Bertz CT molecular complexity index is 310. The van der Waals surface area contributed by atoms with Crippen LogP contribution in [-0.4, -0.2) is 37.7 Å². The van der Waals surface area contributed by atoms with E-state index in [1.54, 1.807) is 0 Å². The van der Waals surface area contributed by atoms with Crippen molar-refractivity contribution in [1.82, 2.24) is 4.90 Å². The van der Waals surface area contributed by atoms with Crippen molar-refractivity contribution < 1.29 is 9.15 Å². The Morgan fingerprint density at radius 3 is 2.73 bits per heavy atom. The summed E-state index contributed by atoms with van der Waals surface area (Å²) in [6.45, 7) is 4.33. The molecule has 15 heavy (non-hydrogen) atoms. The summed E-state index contributed by atoms with van der Waals surface area (Å²) < 4.78 is 11.4. The Hall–Kier alpha value is -0.360. The summed E-state index contributed by atoms with van der Waals surface area (Å²) in [5.74, 6) is 0.827. The van der Waals surface area contributed by atoms with Crippen molar-refractivity contribution in [2.75, 3.05) is 32.8 Å². The Labute approximate surface area is 97.5 Å². The van der Waals surface area contributed by atoms with E-state index in [1.165, 1.54) is 0 Å². The third-order valence-electron chi connectivity index (χ3n) is 2.52. The minimum absolute atomic E-state index is 0.0607. The Morgan fingerprint density at radius 2 is 2.13 bits per heavy atom. The molecule has 0 radical (unpaired) electrons. The van der Waals surface area contributed by atoms with E-state index >= 15 is 0 Å². The molecule has 2 N–H and O–H groups in total. The zero-order chi connectivity index (χ0) is 10.7. The van der Waals surface area contributed by atoms with Crippen LogP contribution in [0.4, 0.5) is 0 Å². The van der Waals surface area contributed by atoms with Gasteiger partial charge in [-0.1, -0.05) is 0 Å². The van der Waals surface area contributed by atoms with Gasteiger partial charge in [0.05, 0.1) is 19.3 Å². The van der Waals surface area contributed by atoms with Crippen molar-refractivity contribution in [1.29, 1.82) is 0 Å². The van der Waals surface area contributed by atoms with Gasteiger partial charge in [0.15, 0.2) is 4.67 Å². The monoisotopic (exact) mass is 274 g/mol. The van der Waals surface area contributed by atoms with Gasteiger partial charge in [0.2, 0.25) is 0 Å². The SMILES string of the molecule is NC(CN1CCOCC1)c1ccc(Br)o1. The molecule has 0 aliphatic carbocycles. The summed E-state index contributed by atoms with van der Waals surface area (Å²) >= 11 is 3.27. The number of nitrogens with zero attached hydrogens (tertiary/aromatic N) is 1. The maximum Gasteiger partial charge on any atom is 0.169 e. The quantitative estimate of drug-likeness (QED) is 0.905. The molecular formula is C10H15BrN2O2. The van der Waals surface area contributed by atoms with E-state index in [-0.39, 0.29) is 6.04 Å². The topological polar surface area (TPSA) is 51.6 Å². The number of hydrogen-bond acceptors (Lipinski definition) is 4. The van der Waals surface area contributed by atoms with E-state index < -0.39 is 0 Å². The highest BCUT2D eigenvalue weighted by molar-refractivity contribution is 9.10. The van der Waals surface area contributed by atoms with Crippen molar-refractivity contribution in [3.05, 3.63) is 22.6 Å². The Morgan fingerprint density at radius 1 is 1.40 bits per heavy atom. The molecule has 1 aliphatic rings. The molecule has 0 amide bonds. The molecule has 2 heterocycles. The predicted octanol–water partition coefficient (Wildman–Crippen LogP) is 1.37. The third-order valence-corrected chi connectivity index (χ3v) is 2.94. The highest BCUT2D eigenvalue weighted by Gasteiger charge is 2.17. The highest BCUT2D eigenvalue weighted by atomic mass is 79.9. The molecule has 1 unspecified atom stereocenters. The molecule has 1 fully saturated rings. The zero-order valence-electron chi connectivity index (χ0n) is 8.49. The molecule has 1 aromatic heterocycles. The van der Waals surface area contributed by atoms with Gasteiger partial charge in [-0.25, -0.2) is 0 Å². The Balaban J connectivity index is 1.88. The normalized spacial score (nSPS) is 20.4. The number of halogens is 1. The first-order valence-electron chi connectivity index (χ1n) is 5.06. The number of nitrogens with two attached hydrogens (primary N) is 1. The maximum absolute atomic E-state index is 6.04.